The van der Waals surface area contributed by atoms with Gasteiger partial charge < -0.3 is 20.5 Å². The van der Waals surface area contributed by atoms with Gasteiger partial charge in [0.15, 0.2) is 0 Å². The van der Waals surface area contributed by atoms with Crippen molar-refractivity contribution in [2.24, 2.45) is 0 Å². The summed E-state index contributed by atoms with van der Waals surface area (Å²) < 4.78 is 4.80. The Hall–Kier alpha value is -2.59. The molecule has 0 saturated carbocycles. The number of nitriles is 1. The lowest BCUT2D eigenvalue weighted by Crippen LogP contribution is -2.43. The van der Waals surface area contributed by atoms with Crippen molar-refractivity contribution >= 4 is 17.7 Å². The molecule has 1 aromatic carbocycles. The summed E-state index contributed by atoms with van der Waals surface area (Å²) in [7, 11) is 1.46. The lowest BCUT2D eigenvalue weighted by atomic mass is 10.1. The molecule has 112 valence electrons. The minimum absolute atomic E-state index is 0.181. The molecule has 0 spiro atoms. The van der Waals surface area contributed by atoms with Gasteiger partial charge in [-0.1, -0.05) is 12.1 Å². The maximum Gasteiger partial charge on any atom is 0.326 e. The SMILES string of the molecule is COCCC(NC(=O)Nc1ccc(CC#N)cc1)C(=O)O. The van der Waals surface area contributed by atoms with Crippen LogP contribution in [0.25, 0.3) is 0 Å². The van der Waals surface area contributed by atoms with Gasteiger partial charge in [0, 0.05) is 25.8 Å². The van der Waals surface area contributed by atoms with Crippen LogP contribution in [0.3, 0.4) is 0 Å². The van der Waals surface area contributed by atoms with Gasteiger partial charge in [0.2, 0.25) is 0 Å². The molecule has 0 aliphatic heterocycles. The van der Waals surface area contributed by atoms with Gasteiger partial charge in [0.05, 0.1) is 12.5 Å². The molecule has 21 heavy (non-hydrogen) atoms. The lowest BCUT2D eigenvalue weighted by Gasteiger charge is -2.14. The van der Waals surface area contributed by atoms with Crippen molar-refractivity contribution in [2.75, 3.05) is 19.0 Å². The summed E-state index contributed by atoms with van der Waals surface area (Å²) in [4.78, 5) is 22.7. The topological polar surface area (TPSA) is 111 Å². The maximum absolute atomic E-state index is 11.7. The van der Waals surface area contributed by atoms with Crippen LogP contribution in [0.5, 0.6) is 0 Å². The molecule has 0 fully saturated rings. The molecule has 1 unspecified atom stereocenters. The highest BCUT2D eigenvalue weighted by Gasteiger charge is 2.19. The average Bonchev–Trinajstić information content (AvgIpc) is 2.45. The van der Waals surface area contributed by atoms with E-state index in [1.165, 1.54) is 7.11 Å². The molecule has 2 amide bonds. The number of methoxy groups -OCH3 is 1. The van der Waals surface area contributed by atoms with E-state index < -0.39 is 18.0 Å². The average molecular weight is 291 g/mol. The zero-order valence-electron chi connectivity index (χ0n) is 11.6. The molecule has 0 bridgehead atoms. The van der Waals surface area contributed by atoms with Crippen molar-refractivity contribution < 1.29 is 19.4 Å². The van der Waals surface area contributed by atoms with Crippen LogP contribution in [0.2, 0.25) is 0 Å². The van der Waals surface area contributed by atoms with Crippen LogP contribution in [-0.2, 0) is 16.0 Å². The Kier molecular flexibility index (Phi) is 6.71. The third-order valence-corrected chi connectivity index (χ3v) is 2.71. The predicted octanol–water partition coefficient (Wildman–Crippen LogP) is 1.36. The smallest absolute Gasteiger partial charge is 0.326 e. The van der Waals surface area contributed by atoms with Gasteiger partial charge in [-0.2, -0.15) is 5.26 Å². The first kappa shape index (κ1) is 16.5. The van der Waals surface area contributed by atoms with Gasteiger partial charge in [-0.05, 0) is 17.7 Å². The number of rotatable bonds is 7. The number of aliphatic carboxylic acids is 1. The van der Waals surface area contributed by atoms with E-state index in [9.17, 15) is 9.59 Å². The Morgan fingerprint density at radius 1 is 1.38 bits per heavy atom. The Morgan fingerprint density at radius 3 is 2.57 bits per heavy atom. The number of carboxylic acid groups (broad SMARTS) is 1. The molecule has 7 heteroatoms. The molecule has 0 heterocycles. The lowest BCUT2D eigenvalue weighted by molar-refractivity contribution is -0.139. The summed E-state index contributed by atoms with van der Waals surface area (Å²) in [6, 6.07) is 7.15. The van der Waals surface area contributed by atoms with Crippen LogP contribution >= 0.6 is 0 Å². The number of carbonyl (C=O) groups is 2. The van der Waals surface area contributed by atoms with Gasteiger partial charge in [0.1, 0.15) is 6.04 Å². The number of ether oxygens (including phenoxy) is 1. The molecule has 1 atom stereocenters. The molecule has 0 saturated heterocycles. The molecular weight excluding hydrogens is 274 g/mol. The second-order valence-electron chi connectivity index (χ2n) is 4.30. The molecule has 0 aromatic heterocycles. The number of hydrogen-bond donors (Lipinski definition) is 3. The number of anilines is 1. The van der Waals surface area contributed by atoms with E-state index in [-0.39, 0.29) is 13.0 Å². The second kappa shape index (κ2) is 8.55. The van der Waals surface area contributed by atoms with E-state index >= 15 is 0 Å². The fraction of sp³-hybridized carbons (Fsp3) is 0.357. The molecule has 1 rings (SSSR count). The monoisotopic (exact) mass is 291 g/mol. The van der Waals surface area contributed by atoms with Crippen LogP contribution in [0.1, 0.15) is 12.0 Å². The zero-order chi connectivity index (χ0) is 15.7. The summed E-state index contributed by atoms with van der Waals surface area (Å²) in [5, 5.41) is 22.4. The summed E-state index contributed by atoms with van der Waals surface area (Å²) in [5.41, 5.74) is 1.36. The van der Waals surface area contributed by atoms with E-state index in [1.807, 2.05) is 6.07 Å². The Labute approximate surface area is 122 Å². The normalized spacial score (nSPS) is 11.2. The standard InChI is InChI=1S/C14H17N3O4/c1-21-9-7-12(13(18)19)17-14(20)16-11-4-2-10(3-5-11)6-8-15/h2-5,12H,6-7,9H2,1H3,(H,18,19)(H2,16,17,20). The van der Waals surface area contributed by atoms with Crippen molar-refractivity contribution in [3.8, 4) is 6.07 Å². The first-order chi connectivity index (χ1) is 10.1. The number of carboxylic acids is 1. The summed E-state index contributed by atoms with van der Waals surface area (Å²) in [6.07, 6.45) is 0.477. The number of hydrogen-bond acceptors (Lipinski definition) is 4. The number of nitrogens with one attached hydrogen (secondary N) is 2. The summed E-state index contributed by atoms with van der Waals surface area (Å²) in [6.45, 7) is 0.236. The minimum Gasteiger partial charge on any atom is -0.480 e. The third kappa shape index (κ3) is 5.93. The van der Waals surface area contributed by atoms with Crippen LogP contribution in [0.15, 0.2) is 24.3 Å². The fourth-order valence-electron chi connectivity index (χ4n) is 1.62. The van der Waals surface area contributed by atoms with E-state index in [0.717, 1.165) is 5.56 Å². The van der Waals surface area contributed by atoms with E-state index in [2.05, 4.69) is 10.6 Å². The largest absolute Gasteiger partial charge is 0.480 e. The predicted molar refractivity (Wildman–Crippen MR) is 75.8 cm³/mol. The molecule has 3 N–H and O–H groups in total. The zero-order valence-corrected chi connectivity index (χ0v) is 11.6. The summed E-state index contributed by atoms with van der Waals surface area (Å²) >= 11 is 0. The molecule has 1 aromatic rings. The van der Waals surface area contributed by atoms with Gasteiger partial charge in [-0.25, -0.2) is 9.59 Å². The molecule has 7 nitrogen and oxygen atoms in total. The quantitative estimate of drug-likeness (QED) is 0.702. The fourth-order valence-corrected chi connectivity index (χ4v) is 1.62. The van der Waals surface area contributed by atoms with Crippen molar-refractivity contribution in [1.82, 2.24) is 5.32 Å². The highest BCUT2D eigenvalue weighted by atomic mass is 16.5. The minimum atomic E-state index is -1.12. The number of carbonyl (C=O) groups excluding carboxylic acids is 1. The molecule has 0 radical (unpaired) electrons. The van der Waals surface area contributed by atoms with E-state index in [4.69, 9.17) is 15.1 Å². The van der Waals surface area contributed by atoms with Gasteiger partial charge in [-0.15, -0.1) is 0 Å². The first-order valence-corrected chi connectivity index (χ1v) is 6.32. The maximum atomic E-state index is 11.7. The van der Waals surface area contributed by atoms with Gasteiger partial charge >= 0.3 is 12.0 Å². The van der Waals surface area contributed by atoms with Crippen LogP contribution < -0.4 is 10.6 Å². The molecular formula is C14H17N3O4. The highest BCUT2D eigenvalue weighted by Crippen LogP contribution is 2.09. The van der Waals surface area contributed by atoms with Gasteiger partial charge in [0.25, 0.3) is 0 Å². The number of nitrogens with zero attached hydrogens (tertiary/aromatic N) is 1. The highest BCUT2D eigenvalue weighted by molar-refractivity contribution is 5.92. The number of amides is 2. The second-order valence-corrected chi connectivity index (χ2v) is 4.30. The number of benzene rings is 1. The van der Waals surface area contributed by atoms with Crippen molar-refractivity contribution in [3.05, 3.63) is 29.8 Å². The van der Waals surface area contributed by atoms with Crippen molar-refractivity contribution in [3.63, 3.8) is 0 Å². The van der Waals surface area contributed by atoms with Crippen LogP contribution in [-0.4, -0.2) is 36.9 Å². The van der Waals surface area contributed by atoms with E-state index in [0.29, 0.717) is 12.1 Å². The Morgan fingerprint density at radius 2 is 2.05 bits per heavy atom. The van der Waals surface area contributed by atoms with Crippen molar-refractivity contribution in [2.45, 2.75) is 18.9 Å². The Balaban J connectivity index is 2.55. The van der Waals surface area contributed by atoms with Crippen LogP contribution in [0, 0.1) is 11.3 Å². The van der Waals surface area contributed by atoms with Gasteiger partial charge in [-0.3, -0.25) is 0 Å². The van der Waals surface area contributed by atoms with Crippen LogP contribution in [0.4, 0.5) is 10.5 Å². The number of urea groups is 1. The van der Waals surface area contributed by atoms with Crippen molar-refractivity contribution in [1.29, 1.82) is 5.26 Å². The molecule has 0 aliphatic carbocycles. The summed E-state index contributed by atoms with van der Waals surface area (Å²) in [5.74, 6) is -1.12. The Bertz CT molecular complexity index is 522. The molecule has 0 aliphatic rings. The van der Waals surface area contributed by atoms with E-state index in [1.54, 1.807) is 24.3 Å². The third-order valence-electron chi connectivity index (χ3n) is 2.71. The first-order valence-electron chi connectivity index (χ1n) is 6.32.